The number of pyridine rings is 1. The van der Waals surface area contributed by atoms with Gasteiger partial charge in [0.25, 0.3) is 0 Å². The van der Waals surface area contributed by atoms with E-state index in [-0.39, 0.29) is 0 Å². The molecule has 0 aromatic carbocycles. The van der Waals surface area contributed by atoms with Crippen LogP contribution in [-0.2, 0) is 11.3 Å². The predicted molar refractivity (Wildman–Crippen MR) is 65.8 cm³/mol. The van der Waals surface area contributed by atoms with E-state index in [1.54, 1.807) is 6.20 Å². The smallest absolute Gasteiger partial charge is 0.325 e. The lowest BCUT2D eigenvalue weighted by molar-refractivity contribution is -0.139. The Morgan fingerprint density at radius 3 is 2.94 bits per heavy atom. The van der Waals surface area contributed by atoms with Crippen LogP contribution in [0, 0.1) is 0 Å². The standard InChI is InChI=1S/C12H12N2O2S/c15-12(16)11(9-4-6-17-8-9)14-7-10-3-1-2-5-13-10/h1-6,8,11,14H,7H2,(H,15,16). The van der Waals surface area contributed by atoms with Crippen LogP contribution >= 0.6 is 11.3 Å². The van der Waals surface area contributed by atoms with Crippen molar-refractivity contribution in [2.45, 2.75) is 12.6 Å². The SMILES string of the molecule is O=C(O)C(NCc1ccccn1)c1ccsc1. The van der Waals surface area contributed by atoms with E-state index in [0.717, 1.165) is 11.3 Å². The van der Waals surface area contributed by atoms with Gasteiger partial charge in [-0.05, 0) is 34.5 Å². The van der Waals surface area contributed by atoms with E-state index in [2.05, 4.69) is 10.3 Å². The second-order valence-electron chi connectivity index (χ2n) is 3.53. The van der Waals surface area contributed by atoms with Gasteiger partial charge >= 0.3 is 5.97 Å². The molecule has 0 aliphatic rings. The van der Waals surface area contributed by atoms with E-state index >= 15 is 0 Å². The van der Waals surface area contributed by atoms with Crippen molar-refractivity contribution >= 4 is 17.3 Å². The number of nitrogens with one attached hydrogen (secondary N) is 1. The van der Waals surface area contributed by atoms with Gasteiger partial charge in [-0.15, -0.1) is 0 Å². The Balaban J connectivity index is 2.03. The van der Waals surface area contributed by atoms with Gasteiger partial charge in [0.15, 0.2) is 0 Å². The molecule has 0 aliphatic carbocycles. The van der Waals surface area contributed by atoms with Gasteiger partial charge in [-0.3, -0.25) is 15.1 Å². The fourth-order valence-corrected chi connectivity index (χ4v) is 2.18. The summed E-state index contributed by atoms with van der Waals surface area (Å²) in [5.41, 5.74) is 1.60. The van der Waals surface area contributed by atoms with E-state index in [1.165, 1.54) is 11.3 Å². The van der Waals surface area contributed by atoms with Crippen LogP contribution in [0.15, 0.2) is 41.2 Å². The summed E-state index contributed by atoms with van der Waals surface area (Å²) < 4.78 is 0. The quantitative estimate of drug-likeness (QED) is 0.850. The summed E-state index contributed by atoms with van der Waals surface area (Å²) in [7, 11) is 0. The minimum absolute atomic E-state index is 0.438. The summed E-state index contributed by atoms with van der Waals surface area (Å²) in [5.74, 6) is -0.876. The van der Waals surface area contributed by atoms with Gasteiger partial charge in [0.2, 0.25) is 0 Å². The molecule has 0 saturated carbocycles. The van der Waals surface area contributed by atoms with Crippen LogP contribution in [0.2, 0.25) is 0 Å². The molecule has 5 heteroatoms. The normalized spacial score (nSPS) is 12.2. The van der Waals surface area contributed by atoms with Gasteiger partial charge in [0.1, 0.15) is 6.04 Å². The topological polar surface area (TPSA) is 62.2 Å². The number of nitrogens with zero attached hydrogens (tertiary/aromatic N) is 1. The van der Waals surface area contributed by atoms with E-state index < -0.39 is 12.0 Å². The molecule has 1 unspecified atom stereocenters. The first kappa shape index (κ1) is 11.8. The Morgan fingerprint density at radius 1 is 1.47 bits per heavy atom. The van der Waals surface area contributed by atoms with E-state index in [9.17, 15) is 4.79 Å². The Bertz CT molecular complexity index is 471. The summed E-state index contributed by atoms with van der Waals surface area (Å²) in [4.78, 5) is 15.3. The lowest BCUT2D eigenvalue weighted by Gasteiger charge is -2.12. The van der Waals surface area contributed by atoms with Crippen LogP contribution in [0.25, 0.3) is 0 Å². The zero-order valence-electron chi connectivity index (χ0n) is 9.04. The van der Waals surface area contributed by atoms with Crippen molar-refractivity contribution in [3.8, 4) is 0 Å². The number of rotatable bonds is 5. The molecule has 0 amide bonds. The first-order valence-electron chi connectivity index (χ1n) is 5.15. The number of aliphatic carboxylic acids is 1. The third-order valence-electron chi connectivity index (χ3n) is 2.34. The zero-order valence-corrected chi connectivity index (χ0v) is 9.85. The van der Waals surface area contributed by atoms with Crippen LogP contribution in [0.1, 0.15) is 17.3 Å². The molecule has 1 atom stereocenters. The molecule has 0 spiro atoms. The zero-order chi connectivity index (χ0) is 12.1. The van der Waals surface area contributed by atoms with Gasteiger partial charge in [-0.1, -0.05) is 6.07 Å². The average molecular weight is 248 g/mol. The molecule has 2 aromatic heterocycles. The molecule has 17 heavy (non-hydrogen) atoms. The van der Waals surface area contributed by atoms with Crippen LogP contribution in [-0.4, -0.2) is 16.1 Å². The van der Waals surface area contributed by atoms with Gasteiger partial charge < -0.3 is 5.11 Å². The highest BCUT2D eigenvalue weighted by Gasteiger charge is 2.19. The minimum atomic E-state index is -0.876. The van der Waals surface area contributed by atoms with E-state index in [1.807, 2.05) is 35.0 Å². The fraction of sp³-hybridized carbons (Fsp3) is 0.167. The maximum Gasteiger partial charge on any atom is 0.325 e. The molecule has 88 valence electrons. The third-order valence-corrected chi connectivity index (χ3v) is 3.04. The number of hydrogen-bond donors (Lipinski definition) is 2. The van der Waals surface area contributed by atoms with Crippen molar-refractivity contribution < 1.29 is 9.90 Å². The molecule has 0 fully saturated rings. The van der Waals surface area contributed by atoms with Gasteiger partial charge in [-0.25, -0.2) is 0 Å². The largest absolute Gasteiger partial charge is 0.480 e. The maximum atomic E-state index is 11.1. The second kappa shape index (κ2) is 5.56. The van der Waals surface area contributed by atoms with Crippen LogP contribution in [0.3, 0.4) is 0 Å². The summed E-state index contributed by atoms with van der Waals surface area (Å²) in [6.45, 7) is 0.438. The first-order valence-corrected chi connectivity index (χ1v) is 6.10. The van der Waals surface area contributed by atoms with Crippen molar-refractivity contribution in [3.05, 3.63) is 52.5 Å². The molecule has 0 aliphatic heterocycles. The van der Waals surface area contributed by atoms with Crippen LogP contribution < -0.4 is 5.32 Å². The Kier molecular flexibility index (Phi) is 3.85. The summed E-state index contributed by atoms with van der Waals surface area (Å²) in [5, 5.41) is 15.8. The molecule has 2 heterocycles. The Labute approximate surface area is 103 Å². The van der Waals surface area contributed by atoms with E-state index in [0.29, 0.717) is 6.54 Å². The third kappa shape index (κ3) is 3.12. The maximum absolute atomic E-state index is 11.1. The molecule has 0 radical (unpaired) electrons. The molecule has 4 nitrogen and oxygen atoms in total. The predicted octanol–water partition coefficient (Wildman–Crippen LogP) is 2.06. The van der Waals surface area contributed by atoms with Gasteiger partial charge in [-0.2, -0.15) is 11.3 Å². The van der Waals surface area contributed by atoms with Crippen LogP contribution in [0.5, 0.6) is 0 Å². The minimum Gasteiger partial charge on any atom is -0.480 e. The summed E-state index contributed by atoms with van der Waals surface area (Å²) in [6.07, 6.45) is 1.69. The number of aromatic nitrogens is 1. The molecule has 0 bridgehead atoms. The van der Waals surface area contributed by atoms with Crippen molar-refractivity contribution in [1.29, 1.82) is 0 Å². The molecule has 0 saturated heterocycles. The van der Waals surface area contributed by atoms with Crippen molar-refractivity contribution in [3.63, 3.8) is 0 Å². The van der Waals surface area contributed by atoms with Gasteiger partial charge in [0.05, 0.1) is 5.69 Å². The molecular formula is C12H12N2O2S. The highest BCUT2D eigenvalue weighted by molar-refractivity contribution is 7.08. The number of thiophene rings is 1. The highest BCUT2D eigenvalue weighted by atomic mass is 32.1. The second-order valence-corrected chi connectivity index (χ2v) is 4.31. The lowest BCUT2D eigenvalue weighted by atomic mass is 10.1. The highest BCUT2D eigenvalue weighted by Crippen LogP contribution is 2.17. The monoisotopic (exact) mass is 248 g/mol. The number of carboxylic acid groups (broad SMARTS) is 1. The first-order chi connectivity index (χ1) is 8.27. The van der Waals surface area contributed by atoms with Crippen LogP contribution in [0.4, 0.5) is 0 Å². The molecule has 2 aromatic rings. The number of carbonyl (C=O) groups is 1. The number of carboxylic acids is 1. The summed E-state index contributed by atoms with van der Waals surface area (Å²) in [6, 6.07) is 6.71. The lowest BCUT2D eigenvalue weighted by Crippen LogP contribution is -2.27. The number of hydrogen-bond acceptors (Lipinski definition) is 4. The van der Waals surface area contributed by atoms with Crippen molar-refractivity contribution in [1.82, 2.24) is 10.3 Å². The Hall–Kier alpha value is -1.72. The molecular weight excluding hydrogens is 236 g/mol. The van der Waals surface area contributed by atoms with Gasteiger partial charge in [0, 0.05) is 12.7 Å². The molecule has 2 N–H and O–H groups in total. The Morgan fingerprint density at radius 2 is 2.35 bits per heavy atom. The summed E-state index contributed by atoms with van der Waals surface area (Å²) >= 11 is 1.49. The molecule has 2 rings (SSSR count). The van der Waals surface area contributed by atoms with E-state index in [4.69, 9.17) is 5.11 Å². The van der Waals surface area contributed by atoms with Crippen molar-refractivity contribution in [2.24, 2.45) is 0 Å². The van der Waals surface area contributed by atoms with Crippen molar-refractivity contribution in [2.75, 3.05) is 0 Å². The average Bonchev–Trinajstić information content (AvgIpc) is 2.84. The fourth-order valence-electron chi connectivity index (χ4n) is 1.50.